The average Bonchev–Trinajstić information content (AvgIpc) is 3.32. The van der Waals surface area contributed by atoms with Crippen LogP contribution < -0.4 is 10.9 Å². The van der Waals surface area contributed by atoms with Crippen LogP contribution in [0.15, 0.2) is 103 Å². The second-order valence-electron chi connectivity index (χ2n) is 13.6. The van der Waals surface area contributed by atoms with Crippen LogP contribution in [0.25, 0.3) is 22.3 Å². The Bertz CT molecular complexity index is 1550. The zero-order chi connectivity index (χ0) is 33.7. The number of benzene rings is 4. The molecular formula is C36H38B2Br4O4. The molecule has 4 aromatic carbocycles. The Morgan fingerprint density at radius 2 is 0.717 bits per heavy atom. The smallest absolute Gasteiger partial charge is 0.399 e. The molecule has 2 aliphatic heterocycles. The lowest BCUT2D eigenvalue weighted by Crippen LogP contribution is -2.41. The predicted octanol–water partition coefficient (Wildman–Crippen LogP) is 10.4. The van der Waals surface area contributed by atoms with E-state index in [1.807, 2.05) is 36.4 Å². The standard InChI is InChI=1S/2C18H19BBr2O2/c2*1-17(2)18(3,4)23-19(22-17)14-10-13(20)11-15(21)16(14)12-8-6-5-7-9-12/h2*5-11H,1-4H3. The van der Waals surface area contributed by atoms with E-state index in [9.17, 15) is 0 Å². The zero-order valence-electron chi connectivity index (χ0n) is 27.4. The molecule has 4 nitrogen and oxygen atoms in total. The van der Waals surface area contributed by atoms with Crippen molar-refractivity contribution in [1.29, 1.82) is 0 Å². The van der Waals surface area contributed by atoms with Crippen LogP contribution in [0.3, 0.4) is 0 Å². The fraction of sp³-hybridized carbons (Fsp3) is 0.333. The highest BCUT2D eigenvalue weighted by Gasteiger charge is 2.53. The highest BCUT2D eigenvalue weighted by molar-refractivity contribution is 9.11. The molecule has 2 fully saturated rings. The molecule has 6 rings (SSSR count). The van der Waals surface area contributed by atoms with Crippen LogP contribution >= 0.6 is 63.7 Å². The van der Waals surface area contributed by atoms with E-state index in [4.69, 9.17) is 18.6 Å². The van der Waals surface area contributed by atoms with E-state index < -0.39 is 14.2 Å². The number of hydrogen-bond donors (Lipinski definition) is 0. The molecule has 0 unspecified atom stereocenters. The first-order valence-electron chi connectivity index (χ1n) is 15.2. The Balaban J connectivity index is 0.000000181. The summed E-state index contributed by atoms with van der Waals surface area (Å²) in [6.07, 6.45) is 0. The van der Waals surface area contributed by atoms with Gasteiger partial charge in [-0.05, 0) is 113 Å². The fourth-order valence-corrected chi connectivity index (χ4v) is 8.29. The van der Waals surface area contributed by atoms with E-state index in [1.165, 1.54) is 0 Å². The lowest BCUT2D eigenvalue weighted by atomic mass is 9.74. The molecule has 0 N–H and O–H groups in total. The van der Waals surface area contributed by atoms with Crippen molar-refractivity contribution in [2.45, 2.75) is 77.8 Å². The lowest BCUT2D eigenvalue weighted by Gasteiger charge is -2.32. The summed E-state index contributed by atoms with van der Waals surface area (Å²) in [6.45, 7) is 16.6. The summed E-state index contributed by atoms with van der Waals surface area (Å²) >= 11 is 14.6. The highest BCUT2D eigenvalue weighted by atomic mass is 79.9. The Hall–Kier alpha value is -1.23. The van der Waals surface area contributed by atoms with Crippen molar-refractivity contribution in [3.05, 3.63) is 103 Å². The van der Waals surface area contributed by atoms with Gasteiger partial charge in [0.05, 0.1) is 22.4 Å². The molecule has 240 valence electrons. The van der Waals surface area contributed by atoms with Crippen LogP contribution in [0.2, 0.25) is 0 Å². The molecule has 0 radical (unpaired) electrons. The first-order valence-corrected chi connectivity index (χ1v) is 18.4. The van der Waals surface area contributed by atoms with Gasteiger partial charge in [-0.3, -0.25) is 0 Å². The third-order valence-electron chi connectivity index (χ3n) is 9.31. The molecule has 0 spiro atoms. The molecule has 0 atom stereocenters. The van der Waals surface area contributed by atoms with E-state index in [1.54, 1.807) is 0 Å². The molecule has 0 bridgehead atoms. The average molecular weight is 876 g/mol. The van der Waals surface area contributed by atoms with Gasteiger partial charge < -0.3 is 18.6 Å². The van der Waals surface area contributed by atoms with Gasteiger partial charge >= 0.3 is 14.2 Å². The molecule has 0 saturated carbocycles. The van der Waals surface area contributed by atoms with Gasteiger partial charge in [0, 0.05) is 17.9 Å². The largest absolute Gasteiger partial charge is 0.495 e. The van der Waals surface area contributed by atoms with Crippen molar-refractivity contribution in [2.24, 2.45) is 0 Å². The van der Waals surface area contributed by atoms with Crippen molar-refractivity contribution in [1.82, 2.24) is 0 Å². The van der Waals surface area contributed by atoms with E-state index in [0.29, 0.717) is 0 Å². The second kappa shape index (κ2) is 13.6. The van der Waals surface area contributed by atoms with Crippen LogP contribution in [0.1, 0.15) is 55.4 Å². The minimum Gasteiger partial charge on any atom is -0.399 e. The van der Waals surface area contributed by atoms with Crippen molar-refractivity contribution in [3.63, 3.8) is 0 Å². The van der Waals surface area contributed by atoms with Crippen molar-refractivity contribution < 1.29 is 18.6 Å². The molecule has 2 aliphatic rings. The van der Waals surface area contributed by atoms with E-state index in [2.05, 4.69) is 168 Å². The van der Waals surface area contributed by atoms with Gasteiger partial charge in [-0.2, -0.15) is 0 Å². The van der Waals surface area contributed by atoms with Crippen molar-refractivity contribution in [2.75, 3.05) is 0 Å². The van der Waals surface area contributed by atoms with Crippen molar-refractivity contribution >= 4 is 88.9 Å². The fourth-order valence-electron chi connectivity index (χ4n) is 5.32. The third-order valence-corrected chi connectivity index (χ3v) is 11.5. The molecule has 10 heteroatoms. The van der Waals surface area contributed by atoms with E-state index >= 15 is 0 Å². The summed E-state index contributed by atoms with van der Waals surface area (Å²) in [5, 5.41) is 0. The van der Waals surface area contributed by atoms with E-state index in [-0.39, 0.29) is 22.4 Å². The second-order valence-corrected chi connectivity index (χ2v) is 17.2. The number of halogens is 4. The Morgan fingerprint density at radius 1 is 0.435 bits per heavy atom. The third kappa shape index (κ3) is 7.35. The minimum atomic E-state index is -0.399. The van der Waals surface area contributed by atoms with Crippen molar-refractivity contribution in [3.8, 4) is 22.3 Å². The molecule has 0 amide bonds. The van der Waals surface area contributed by atoms with E-state index in [0.717, 1.165) is 51.1 Å². The summed E-state index contributed by atoms with van der Waals surface area (Å²) in [6, 6.07) is 28.9. The van der Waals surface area contributed by atoms with Gasteiger partial charge in [0.25, 0.3) is 0 Å². The number of hydrogen-bond acceptors (Lipinski definition) is 4. The maximum absolute atomic E-state index is 6.26. The van der Waals surface area contributed by atoms with Gasteiger partial charge in [-0.15, -0.1) is 0 Å². The Labute approximate surface area is 308 Å². The zero-order valence-corrected chi connectivity index (χ0v) is 33.7. The summed E-state index contributed by atoms with van der Waals surface area (Å²) in [7, 11) is -0.798. The molecule has 46 heavy (non-hydrogen) atoms. The lowest BCUT2D eigenvalue weighted by molar-refractivity contribution is 0.00578. The van der Waals surface area contributed by atoms with Gasteiger partial charge in [0.15, 0.2) is 0 Å². The van der Waals surface area contributed by atoms with Crippen LogP contribution in [-0.4, -0.2) is 36.6 Å². The topological polar surface area (TPSA) is 36.9 Å². The predicted molar refractivity (Wildman–Crippen MR) is 206 cm³/mol. The molecule has 0 aromatic heterocycles. The summed E-state index contributed by atoms with van der Waals surface area (Å²) in [4.78, 5) is 0. The first kappa shape index (κ1) is 36.1. The first-order chi connectivity index (χ1) is 21.4. The molecular weight excluding hydrogens is 838 g/mol. The monoisotopic (exact) mass is 872 g/mol. The summed E-state index contributed by atoms with van der Waals surface area (Å²) < 4.78 is 29.1. The van der Waals surface area contributed by atoms with Crippen LogP contribution in [0.5, 0.6) is 0 Å². The Morgan fingerprint density at radius 3 is 1.00 bits per heavy atom. The van der Waals surface area contributed by atoms with Gasteiger partial charge in [0.1, 0.15) is 0 Å². The summed E-state index contributed by atoms with van der Waals surface area (Å²) in [5.74, 6) is 0. The maximum atomic E-state index is 6.26. The van der Waals surface area contributed by atoms with Crippen LogP contribution in [0, 0.1) is 0 Å². The maximum Gasteiger partial charge on any atom is 0.495 e. The Kier molecular flexibility index (Phi) is 10.6. The van der Waals surface area contributed by atoms with Gasteiger partial charge in [-0.25, -0.2) is 0 Å². The molecule has 0 aliphatic carbocycles. The molecule has 4 aromatic rings. The normalized spacial score (nSPS) is 19.1. The summed E-state index contributed by atoms with van der Waals surface area (Å²) in [5.41, 5.74) is 5.08. The number of rotatable bonds is 4. The highest BCUT2D eigenvalue weighted by Crippen LogP contribution is 2.40. The quantitative estimate of drug-likeness (QED) is 0.192. The van der Waals surface area contributed by atoms with Crippen LogP contribution in [0.4, 0.5) is 0 Å². The molecule has 2 saturated heterocycles. The van der Waals surface area contributed by atoms with Crippen LogP contribution in [-0.2, 0) is 18.6 Å². The molecule has 2 heterocycles. The van der Waals surface area contributed by atoms with Gasteiger partial charge in [0.2, 0.25) is 0 Å². The SMILES string of the molecule is CC1(C)OB(c2cc(Br)cc(Br)c2-c2ccccc2)OC1(C)C.CC1(C)OB(c2cc(Br)cc(Br)c2-c2ccccc2)OC1(C)C. The minimum absolute atomic E-state index is 0.361. The van der Waals surface area contributed by atoms with Gasteiger partial charge in [-0.1, -0.05) is 124 Å².